The molecule has 1 aliphatic rings. The molecule has 1 aromatic rings. The standard InChI is InChI=1S/C14H20FNO/c1-10-3-4-13(15)12(7-10)14(16-2)8-11-5-6-17-9-11/h3-4,7,11,14,16H,5-6,8-9H2,1-2H3. The van der Waals surface area contributed by atoms with Gasteiger partial charge in [-0.05, 0) is 38.8 Å². The molecule has 1 fully saturated rings. The van der Waals surface area contributed by atoms with Crippen LogP contribution in [0, 0.1) is 18.7 Å². The molecule has 0 amide bonds. The van der Waals surface area contributed by atoms with E-state index >= 15 is 0 Å². The highest BCUT2D eigenvalue weighted by molar-refractivity contribution is 5.27. The molecule has 1 N–H and O–H groups in total. The van der Waals surface area contributed by atoms with Crippen molar-refractivity contribution in [1.29, 1.82) is 0 Å². The smallest absolute Gasteiger partial charge is 0.127 e. The van der Waals surface area contributed by atoms with Gasteiger partial charge in [0.05, 0.1) is 0 Å². The lowest BCUT2D eigenvalue weighted by molar-refractivity contribution is 0.181. The van der Waals surface area contributed by atoms with Crippen LogP contribution in [0.15, 0.2) is 18.2 Å². The summed E-state index contributed by atoms with van der Waals surface area (Å²) in [6.45, 7) is 3.65. The highest BCUT2D eigenvalue weighted by Gasteiger charge is 2.22. The van der Waals surface area contributed by atoms with Crippen LogP contribution in [0.25, 0.3) is 0 Å². The molecule has 1 aliphatic heterocycles. The second-order valence-electron chi connectivity index (χ2n) is 4.83. The first kappa shape index (κ1) is 12.5. The Labute approximate surface area is 102 Å². The molecule has 94 valence electrons. The molecule has 3 heteroatoms. The Morgan fingerprint density at radius 1 is 1.53 bits per heavy atom. The fourth-order valence-electron chi connectivity index (χ4n) is 2.43. The van der Waals surface area contributed by atoms with Crippen molar-refractivity contribution < 1.29 is 9.13 Å². The van der Waals surface area contributed by atoms with E-state index in [2.05, 4.69) is 5.32 Å². The van der Waals surface area contributed by atoms with Crippen molar-refractivity contribution in [1.82, 2.24) is 5.32 Å². The molecule has 0 aromatic heterocycles. The third kappa shape index (κ3) is 3.05. The molecular formula is C14H20FNO. The predicted octanol–water partition coefficient (Wildman–Crippen LogP) is 2.82. The molecule has 1 heterocycles. The van der Waals surface area contributed by atoms with Crippen LogP contribution in [0.3, 0.4) is 0 Å². The van der Waals surface area contributed by atoms with Gasteiger partial charge in [-0.3, -0.25) is 0 Å². The fourth-order valence-corrected chi connectivity index (χ4v) is 2.43. The summed E-state index contributed by atoms with van der Waals surface area (Å²) in [5, 5.41) is 3.22. The van der Waals surface area contributed by atoms with Gasteiger partial charge in [-0.1, -0.05) is 17.7 Å². The van der Waals surface area contributed by atoms with Crippen LogP contribution in [-0.2, 0) is 4.74 Å². The molecule has 2 atom stereocenters. The zero-order valence-electron chi connectivity index (χ0n) is 10.5. The quantitative estimate of drug-likeness (QED) is 0.869. The summed E-state index contributed by atoms with van der Waals surface area (Å²) in [4.78, 5) is 0. The van der Waals surface area contributed by atoms with Crippen LogP contribution >= 0.6 is 0 Å². The highest BCUT2D eigenvalue weighted by Crippen LogP contribution is 2.28. The van der Waals surface area contributed by atoms with Crippen LogP contribution in [0.4, 0.5) is 4.39 Å². The van der Waals surface area contributed by atoms with Gasteiger partial charge in [0.15, 0.2) is 0 Å². The Balaban J connectivity index is 2.13. The van der Waals surface area contributed by atoms with Gasteiger partial charge in [0.2, 0.25) is 0 Å². The van der Waals surface area contributed by atoms with Crippen LogP contribution in [0.2, 0.25) is 0 Å². The molecule has 0 aliphatic carbocycles. The second kappa shape index (κ2) is 5.61. The van der Waals surface area contributed by atoms with Crippen molar-refractivity contribution in [3.63, 3.8) is 0 Å². The normalized spacial score (nSPS) is 21.7. The average molecular weight is 237 g/mol. The third-order valence-corrected chi connectivity index (χ3v) is 3.47. The van der Waals surface area contributed by atoms with Gasteiger partial charge in [0, 0.05) is 24.8 Å². The minimum atomic E-state index is -0.117. The van der Waals surface area contributed by atoms with Gasteiger partial charge in [0.25, 0.3) is 0 Å². The minimum Gasteiger partial charge on any atom is -0.381 e. The van der Waals surface area contributed by atoms with Crippen molar-refractivity contribution in [2.45, 2.75) is 25.8 Å². The maximum atomic E-state index is 13.8. The number of rotatable bonds is 4. The van der Waals surface area contributed by atoms with Crippen molar-refractivity contribution in [3.8, 4) is 0 Å². The van der Waals surface area contributed by atoms with E-state index in [1.807, 2.05) is 26.1 Å². The van der Waals surface area contributed by atoms with E-state index < -0.39 is 0 Å². The van der Waals surface area contributed by atoms with Gasteiger partial charge >= 0.3 is 0 Å². The monoisotopic (exact) mass is 237 g/mol. The third-order valence-electron chi connectivity index (χ3n) is 3.47. The summed E-state index contributed by atoms with van der Waals surface area (Å²) < 4.78 is 19.2. The largest absolute Gasteiger partial charge is 0.381 e. The van der Waals surface area contributed by atoms with Crippen LogP contribution < -0.4 is 5.32 Å². The van der Waals surface area contributed by atoms with Gasteiger partial charge in [-0.2, -0.15) is 0 Å². The molecule has 0 radical (unpaired) electrons. The molecule has 2 unspecified atom stereocenters. The second-order valence-corrected chi connectivity index (χ2v) is 4.83. The average Bonchev–Trinajstić information content (AvgIpc) is 2.82. The molecule has 2 nitrogen and oxygen atoms in total. The maximum Gasteiger partial charge on any atom is 0.127 e. The molecule has 0 spiro atoms. The maximum absolute atomic E-state index is 13.8. The van der Waals surface area contributed by atoms with Gasteiger partial charge < -0.3 is 10.1 Å². The van der Waals surface area contributed by atoms with E-state index in [0.29, 0.717) is 5.92 Å². The molecule has 17 heavy (non-hydrogen) atoms. The van der Waals surface area contributed by atoms with Crippen molar-refractivity contribution in [2.75, 3.05) is 20.3 Å². The number of benzene rings is 1. The molecule has 2 rings (SSSR count). The molecule has 1 saturated heterocycles. The van der Waals surface area contributed by atoms with E-state index in [0.717, 1.165) is 37.2 Å². The zero-order valence-corrected chi connectivity index (χ0v) is 10.5. The first-order valence-electron chi connectivity index (χ1n) is 6.21. The molecule has 0 bridgehead atoms. The minimum absolute atomic E-state index is 0.0848. The molecule has 0 saturated carbocycles. The lowest BCUT2D eigenvalue weighted by Crippen LogP contribution is -2.21. The van der Waals surface area contributed by atoms with Crippen LogP contribution in [0.5, 0.6) is 0 Å². The predicted molar refractivity (Wildman–Crippen MR) is 66.5 cm³/mol. The number of ether oxygens (including phenoxy) is 1. The van der Waals surface area contributed by atoms with Crippen molar-refractivity contribution in [2.24, 2.45) is 5.92 Å². The number of nitrogens with one attached hydrogen (secondary N) is 1. The summed E-state index contributed by atoms with van der Waals surface area (Å²) in [5.74, 6) is 0.432. The summed E-state index contributed by atoms with van der Waals surface area (Å²) in [6.07, 6.45) is 2.03. The number of aryl methyl sites for hydroxylation is 1. The highest BCUT2D eigenvalue weighted by atomic mass is 19.1. The van der Waals surface area contributed by atoms with E-state index in [-0.39, 0.29) is 11.9 Å². The zero-order chi connectivity index (χ0) is 12.3. The number of halogens is 1. The first-order valence-corrected chi connectivity index (χ1v) is 6.21. The van der Waals surface area contributed by atoms with Gasteiger partial charge in [-0.15, -0.1) is 0 Å². The fraction of sp³-hybridized carbons (Fsp3) is 0.571. The van der Waals surface area contributed by atoms with E-state index in [9.17, 15) is 4.39 Å². The Bertz CT molecular complexity index is 374. The van der Waals surface area contributed by atoms with Crippen LogP contribution in [0.1, 0.15) is 30.0 Å². The summed E-state index contributed by atoms with van der Waals surface area (Å²) in [6, 6.07) is 5.39. The molecular weight excluding hydrogens is 217 g/mol. The van der Waals surface area contributed by atoms with E-state index in [1.165, 1.54) is 0 Å². The summed E-state index contributed by atoms with van der Waals surface area (Å²) >= 11 is 0. The SMILES string of the molecule is CNC(CC1CCOC1)c1cc(C)ccc1F. The molecule has 1 aromatic carbocycles. The Morgan fingerprint density at radius 2 is 2.35 bits per heavy atom. The summed E-state index contributed by atoms with van der Waals surface area (Å²) in [7, 11) is 1.89. The van der Waals surface area contributed by atoms with Gasteiger partial charge in [0.1, 0.15) is 5.82 Å². The first-order chi connectivity index (χ1) is 8.20. The lowest BCUT2D eigenvalue weighted by Gasteiger charge is -2.20. The topological polar surface area (TPSA) is 21.3 Å². The van der Waals surface area contributed by atoms with Crippen LogP contribution in [-0.4, -0.2) is 20.3 Å². The van der Waals surface area contributed by atoms with Gasteiger partial charge in [-0.25, -0.2) is 4.39 Å². The Morgan fingerprint density at radius 3 is 3.00 bits per heavy atom. The summed E-state index contributed by atoms with van der Waals surface area (Å²) in [5.41, 5.74) is 1.88. The Hall–Kier alpha value is -0.930. The van der Waals surface area contributed by atoms with Crippen molar-refractivity contribution >= 4 is 0 Å². The lowest BCUT2D eigenvalue weighted by atomic mass is 9.93. The number of hydrogen-bond acceptors (Lipinski definition) is 2. The van der Waals surface area contributed by atoms with E-state index in [1.54, 1.807) is 6.07 Å². The van der Waals surface area contributed by atoms with Crippen molar-refractivity contribution in [3.05, 3.63) is 35.1 Å². The van der Waals surface area contributed by atoms with E-state index in [4.69, 9.17) is 4.74 Å². The number of hydrogen-bond donors (Lipinski definition) is 1. The Kier molecular flexibility index (Phi) is 4.13.